The van der Waals surface area contributed by atoms with E-state index in [2.05, 4.69) is 30.0 Å². The normalized spacial score (nSPS) is 11.7. The summed E-state index contributed by atoms with van der Waals surface area (Å²) < 4.78 is 29.8. The van der Waals surface area contributed by atoms with Gasteiger partial charge in [0.05, 0.1) is 91.0 Å². The predicted molar refractivity (Wildman–Crippen MR) is 467 cm³/mol. The van der Waals surface area contributed by atoms with Gasteiger partial charge in [-0.15, -0.1) is 39.6 Å². The van der Waals surface area contributed by atoms with E-state index < -0.39 is 36.3 Å². The number of methoxy groups -OCH3 is 6. The van der Waals surface area contributed by atoms with Crippen LogP contribution in [0.3, 0.4) is 0 Å². The van der Waals surface area contributed by atoms with Crippen LogP contribution in [0, 0.1) is 22.7 Å². The first-order chi connectivity index (χ1) is 61.4. The van der Waals surface area contributed by atoms with Crippen LogP contribution in [0.15, 0.2) is 321 Å². The van der Waals surface area contributed by atoms with E-state index in [0.717, 1.165) is 33.4 Å². The third-order valence-electron chi connectivity index (χ3n) is 17.8. The summed E-state index contributed by atoms with van der Waals surface area (Å²) in [6.45, 7) is 0.687. The number of hydrogen-bond donors (Lipinski definition) is 0. The topological polar surface area (TPSA) is 454 Å². The van der Waals surface area contributed by atoms with E-state index in [1.807, 2.05) is 182 Å². The van der Waals surface area contributed by atoms with E-state index in [1.165, 1.54) is 93.8 Å². The Bertz CT molecular complexity index is 4560. The van der Waals surface area contributed by atoms with Gasteiger partial charge in [-0.1, -0.05) is 289 Å². The molecule has 0 amide bonds. The number of rotatable bonds is 30. The van der Waals surface area contributed by atoms with Crippen molar-refractivity contribution in [1.82, 2.24) is 0 Å². The first-order valence-corrected chi connectivity index (χ1v) is 39.0. The van der Waals surface area contributed by atoms with Crippen molar-refractivity contribution in [2.45, 2.75) is 50.1 Å². The molecule has 0 aromatic heterocycles. The number of para-hydroxylation sites is 6. The Morgan fingerprint density at radius 2 is 0.338 bits per heavy atom. The van der Waals surface area contributed by atoms with Gasteiger partial charge >= 0.3 is 68.3 Å². The molecule has 0 bridgehead atoms. The Balaban J connectivity index is 0.000000765. The van der Waals surface area contributed by atoms with Gasteiger partial charge in [-0.25, -0.2) is 0 Å². The standard InChI is InChI=1S/6C16H16NO3.2C2H3N.4Fe/c6*1-20-15-9-5-8-13(16(15)19)10-17-14(11-18)12-6-3-2-4-7-12;2*1-2-3;;;;/h6*2-10,14,19H,11H2,1H3;2*1H3;;;;/q6*-1;;;4*+3/p-6/t6*14-;;;;;;/m111111....../s1. The molecule has 0 N–H and O–H groups in total. The summed E-state index contributed by atoms with van der Waals surface area (Å²) >= 11 is 0. The van der Waals surface area contributed by atoms with Crippen molar-refractivity contribution in [1.29, 1.82) is 10.5 Å². The molecule has 130 heavy (non-hydrogen) atoms. The third kappa shape index (κ3) is 38.6. The molecule has 676 valence electrons. The zero-order valence-electron chi connectivity index (χ0n) is 72.2. The Morgan fingerprint density at radius 1 is 0.223 bits per heavy atom. The fourth-order valence-electron chi connectivity index (χ4n) is 11.2. The Morgan fingerprint density at radius 3 is 0.438 bits per heavy atom. The minimum atomic E-state index is -0.484. The summed E-state index contributed by atoms with van der Waals surface area (Å²) in [4.78, 5) is 25.4. The fraction of sp³-hybridized carbons (Fsp3) is 0.200. The summed E-state index contributed by atoms with van der Waals surface area (Å²) in [6.07, 6.45) is 8.67. The maximum absolute atomic E-state index is 11.9. The van der Waals surface area contributed by atoms with Gasteiger partial charge in [0.2, 0.25) is 0 Å². The zero-order valence-corrected chi connectivity index (χ0v) is 76.6. The van der Waals surface area contributed by atoms with Crippen molar-refractivity contribution in [3.63, 3.8) is 0 Å². The largest absolute Gasteiger partial charge is 3.00 e. The van der Waals surface area contributed by atoms with Crippen molar-refractivity contribution in [2.24, 2.45) is 30.0 Å². The number of aliphatic imine (C=N–C) groups is 6. The second-order valence-electron chi connectivity index (χ2n) is 25.9. The molecule has 12 aromatic rings. The van der Waals surface area contributed by atoms with Crippen molar-refractivity contribution in [2.75, 3.05) is 82.3 Å². The molecule has 12 rings (SSSR count). The molecule has 0 aliphatic heterocycles. The monoisotopic (exact) mass is 1920 g/mol. The maximum Gasteiger partial charge on any atom is 3.00 e. The average molecular weight is 1920 g/mol. The van der Waals surface area contributed by atoms with E-state index in [1.54, 1.807) is 121 Å². The van der Waals surface area contributed by atoms with E-state index in [-0.39, 0.29) is 177 Å². The van der Waals surface area contributed by atoms with Gasteiger partial charge in [0, 0.05) is 51.1 Å². The number of hydrogen-bond acceptors (Lipinski definition) is 26. The van der Waals surface area contributed by atoms with E-state index in [4.69, 9.17) is 38.9 Å². The molecule has 0 spiro atoms. The van der Waals surface area contributed by atoms with Gasteiger partial charge in [0.25, 0.3) is 0 Å². The fourth-order valence-corrected chi connectivity index (χ4v) is 11.2. The van der Waals surface area contributed by atoms with Crippen LogP contribution in [0.1, 0.15) is 117 Å². The Hall–Kier alpha value is -12.9. The van der Waals surface area contributed by atoms with Gasteiger partial charge in [-0.3, -0.25) is 30.0 Å². The van der Waals surface area contributed by atoms with Crippen LogP contribution < -0.4 is 89.7 Å². The van der Waals surface area contributed by atoms with Crippen LogP contribution in [0.2, 0.25) is 0 Å². The van der Waals surface area contributed by atoms with E-state index in [9.17, 15) is 61.3 Å². The molecule has 0 saturated heterocycles. The molecule has 0 fully saturated rings. The number of benzene rings is 12. The Labute approximate surface area is 801 Å². The van der Waals surface area contributed by atoms with Gasteiger partial charge in [0.15, 0.2) is 0 Å². The van der Waals surface area contributed by atoms with Gasteiger partial charge in [-0.05, 0) is 103 Å². The third-order valence-corrected chi connectivity index (χ3v) is 17.8. The minimum absolute atomic E-state index is 0. The van der Waals surface area contributed by atoms with Crippen LogP contribution in [-0.2, 0) is 68.3 Å². The molecular formula is C100H96Fe4N8O18. The Kier molecular flexibility index (Phi) is 59.6. The first-order valence-electron chi connectivity index (χ1n) is 39.0. The van der Waals surface area contributed by atoms with Crippen molar-refractivity contribution in [3.05, 3.63) is 358 Å². The molecule has 0 aliphatic rings. The first kappa shape index (κ1) is 115. The van der Waals surface area contributed by atoms with Crippen LogP contribution in [0.25, 0.3) is 0 Å². The van der Waals surface area contributed by atoms with Crippen molar-refractivity contribution < 1.29 is 158 Å². The van der Waals surface area contributed by atoms with Crippen molar-refractivity contribution >= 4 is 37.3 Å². The SMILES string of the molecule is CC#N.CC#N.COc1cccc(C=N[C@H](C[O-])c2ccccc2)c1[O-].COc1cccc(C=N[C@H](C[O-])c2ccccc2)c1[O-].COc1cccc(C=N[C@H](C[O-])c2ccccc2)c1[O-].COc1cccc(C=N[C@H](C[O-])c2ccccc2)c1[O-].COc1cccc(C=N[C@H](C[O-])c2ccccc2)c1[O-].COc1cccc(C=N[C@H](C[O-])c2ccccc2)c1[O-].[Fe+3].[Fe+3].[Fe+3].[Fe+3]. The van der Waals surface area contributed by atoms with E-state index >= 15 is 0 Å². The molecular weight excluding hydrogens is 1820 g/mol. The van der Waals surface area contributed by atoms with Gasteiger partial charge in [-0.2, -0.15) is 10.5 Å². The molecule has 30 heteroatoms. The second kappa shape index (κ2) is 67.3. The molecule has 6 atom stereocenters. The molecule has 0 unspecified atom stereocenters. The maximum atomic E-state index is 11.9. The van der Waals surface area contributed by atoms with Gasteiger partial charge in [0.1, 0.15) is 34.5 Å². The van der Waals surface area contributed by atoms with Crippen molar-refractivity contribution in [3.8, 4) is 81.1 Å². The molecule has 0 heterocycles. The molecule has 12 aromatic carbocycles. The molecule has 26 nitrogen and oxygen atoms in total. The minimum Gasteiger partial charge on any atom is -0.870 e. The summed E-state index contributed by atoms with van der Waals surface area (Å²) in [5.74, 6) is 0.271. The van der Waals surface area contributed by atoms with Crippen LogP contribution >= 0.6 is 0 Å². The quantitative estimate of drug-likeness (QED) is 0.0299. The average Bonchev–Trinajstić information content (AvgIpc) is 0.871. The molecule has 0 aliphatic carbocycles. The van der Waals surface area contributed by atoms with Crippen LogP contribution in [0.5, 0.6) is 69.0 Å². The molecule has 0 saturated carbocycles. The second-order valence-corrected chi connectivity index (χ2v) is 25.9. The summed E-state index contributed by atoms with van der Waals surface area (Å²) in [5.41, 5.74) is 7.54. The predicted octanol–water partition coefficient (Wildman–Crippen LogP) is 8.79. The van der Waals surface area contributed by atoms with Crippen LogP contribution in [0.4, 0.5) is 0 Å². The zero-order chi connectivity index (χ0) is 91.6. The number of nitriles is 2. The van der Waals surface area contributed by atoms with Gasteiger partial charge < -0.3 is 89.7 Å². The summed E-state index contributed by atoms with van der Waals surface area (Å²) in [5, 5.41) is 154. The smallest absolute Gasteiger partial charge is 0.870 e. The molecule has 4 radical (unpaired) electrons. The van der Waals surface area contributed by atoms with E-state index in [0.29, 0.717) is 33.4 Å². The summed E-state index contributed by atoms with van der Waals surface area (Å²) in [7, 11) is 8.68. The number of ether oxygens (including phenoxy) is 6. The summed E-state index contributed by atoms with van der Waals surface area (Å²) in [6, 6.07) is 86.2. The number of nitrogens with zero attached hydrogens (tertiary/aromatic N) is 8. The van der Waals surface area contributed by atoms with Crippen LogP contribution in [-0.4, -0.2) is 120 Å².